The summed E-state index contributed by atoms with van der Waals surface area (Å²) in [7, 11) is 0. The van der Waals surface area contributed by atoms with E-state index >= 15 is 0 Å². The highest BCUT2D eigenvalue weighted by atomic mass is 19.4. The minimum absolute atomic E-state index is 0.00535. The number of rotatable bonds is 3. The van der Waals surface area contributed by atoms with E-state index in [4.69, 9.17) is 0 Å². The minimum Gasteiger partial charge on any atom is -0.406 e. The molecule has 1 aromatic rings. The van der Waals surface area contributed by atoms with Crippen LogP contribution in [0.5, 0.6) is 5.75 Å². The monoisotopic (exact) mass is 296 g/mol. The summed E-state index contributed by atoms with van der Waals surface area (Å²) in [4.78, 5) is 12.5. The Labute approximate surface area is 120 Å². The number of carbonyl (C=O) groups excluding carboxylic acids is 1. The number of Topliss-reactive ketones (excluding diaryl/α,β-unsaturated/α-hetero) is 1. The normalized spacial score (nSPS) is 36.4. The van der Waals surface area contributed by atoms with Crippen molar-refractivity contribution in [1.82, 2.24) is 0 Å². The first-order chi connectivity index (χ1) is 9.94. The molecule has 0 heterocycles. The number of ether oxygens (including phenoxy) is 1. The molecule has 3 aliphatic carbocycles. The summed E-state index contributed by atoms with van der Waals surface area (Å²) in [6.07, 6.45) is -1.05. The highest BCUT2D eigenvalue weighted by molar-refractivity contribution is 6.00. The van der Waals surface area contributed by atoms with Crippen molar-refractivity contribution in [3.8, 4) is 5.75 Å². The van der Waals surface area contributed by atoms with Crippen LogP contribution in [0, 0.1) is 29.6 Å². The van der Waals surface area contributed by atoms with Crippen LogP contribution in [0.25, 0.3) is 0 Å². The molecule has 0 N–H and O–H groups in total. The number of ketones is 1. The lowest BCUT2D eigenvalue weighted by atomic mass is 9.96. The van der Waals surface area contributed by atoms with E-state index < -0.39 is 6.36 Å². The quantitative estimate of drug-likeness (QED) is 0.786. The molecule has 4 rings (SSSR count). The van der Waals surface area contributed by atoms with Crippen molar-refractivity contribution in [2.24, 2.45) is 29.6 Å². The average Bonchev–Trinajstić information content (AvgIpc) is 2.83. The van der Waals surface area contributed by atoms with Gasteiger partial charge in [-0.05, 0) is 55.1 Å². The summed E-state index contributed by atoms with van der Waals surface area (Å²) in [5, 5.41) is 0. The Kier molecular flexibility index (Phi) is 2.66. The number of carbonyl (C=O) groups is 1. The van der Waals surface area contributed by atoms with Gasteiger partial charge in [-0.15, -0.1) is 13.2 Å². The van der Waals surface area contributed by atoms with Crippen LogP contribution in [0.1, 0.15) is 29.6 Å². The van der Waals surface area contributed by atoms with Crippen LogP contribution in [-0.4, -0.2) is 12.1 Å². The predicted molar refractivity (Wildman–Crippen MR) is 68.8 cm³/mol. The van der Waals surface area contributed by atoms with Crippen molar-refractivity contribution in [2.45, 2.75) is 25.6 Å². The zero-order valence-electron chi connectivity index (χ0n) is 11.3. The van der Waals surface area contributed by atoms with Crippen molar-refractivity contribution in [1.29, 1.82) is 0 Å². The lowest BCUT2D eigenvalue weighted by Gasteiger charge is -2.11. The molecule has 2 nitrogen and oxygen atoms in total. The molecule has 3 fully saturated rings. The molecule has 4 atom stereocenters. The van der Waals surface area contributed by atoms with Gasteiger partial charge in [-0.1, -0.05) is 12.1 Å². The second kappa shape index (κ2) is 4.24. The Balaban J connectivity index is 1.52. The van der Waals surface area contributed by atoms with Crippen LogP contribution in [0.15, 0.2) is 24.3 Å². The molecule has 5 heteroatoms. The number of hydrogen-bond acceptors (Lipinski definition) is 2. The molecular formula is C16H15F3O2. The maximum Gasteiger partial charge on any atom is 0.573 e. The molecule has 0 amide bonds. The SMILES string of the molecule is O=C(c1cccc(OC(F)(F)F)c1)C1C2C3CCC(C3)C12. The molecule has 3 aliphatic rings. The summed E-state index contributed by atoms with van der Waals surface area (Å²) in [5.74, 6) is 2.03. The third-order valence-corrected chi connectivity index (χ3v) is 5.39. The zero-order valence-corrected chi connectivity index (χ0v) is 11.3. The van der Waals surface area contributed by atoms with Crippen molar-refractivity contribution in [3.63, 3.8) is 0 Å². The molecule has 21 heavy (non-hydrogen) atoms. The Hall–Kier alpha value is -1.52. The van der Waals surface area contributed by atoms with Crippen molar-refractivity contribution >= 4 is 5.78 Å². The van der Waals surface area contributed by atoms with Gasteiger partial charge in [0.15, 0.2) is 5.78 Å². The third kappa shape index (κ3) is 2.14. The van der Waals surface area contributed by atoms with E-state index in [1.807, 2.05) is 0 Å². The third-order valence-electron chi connectivity index (χ3n) is 5.39. The van der Waals surface area contributed by atoms with Gasteiger partial charge in [0.25, 0.3) is 0 Å². The van der Waals surface area contributed by atoms with Gasteiger partial charge in [0.2, 0.25) is 0 Å². The first-order valence-corrected chi connectivity index (χ1v) is 7.34. The lowest BCUT2D eigenvalue weighted by Crippen LogP contribution is -2.17. The molecule has 0 aromatic heterocycles. The summed E-state index contributed by atoms with van der Waals surface area (Å²) in [6, 6.07) is 5.47. The molecule has 4 unspecified atom stereocenters. The van der Waals surface area contributed by atoms with Crippen LogP contribution in [0.2, 0.25) is 0 Å². The summed E-state index contributed by atoms with van der Waals surface area (Å²) < 4.78 is 40.6. The van der Waals surface area contributed by atoms with Crippen LogP contribution in [-0.2, 0) is 0 Å². The molecule has 1 aromatic carbocycles. The summed E-state index contributed by atoms with van der Waals surface area (Å²) in [5.41, 5.74) is 0.343. The van der Waals surface area contributed by atoms with Crippen LogP contribution in [0.3, 0.4) is 0 Å². The second-order valence-electron chi connectivity index (χ2n) is 6.45. The molecule has 0 aliphatic heterocycles. The van der Waals surface area contributed by atoms with Crippen LogP contribution >= 0.6 is 0 Å². The van der Waals surface area contributed by atoms with Gasteiger partial charge in [-0.3, -0.25) is 4.79 Å². The van der Waals surface area contributed by atoms with Gasteiger partial charge in [0, 0.05) is 11.5 Å². The molecule has 0 spiro atoms. The van der Waals surface area contributed by atoms with Gasteiger partial charge < -0.3 is 4.74 Å². The Morgan fingerprint density at radius 1 is 1.14 bits per heavy atom. The van der Waals surface area contributed by atoms with E-state index in [1.165, 1.54) is 37.5 Å². The highest BCUT2D eigenvalue weighted by Crippen LogP contribution is 2.69. The first kappa shape index (κ1) is 13.2. The fourth-order valence-corrected chi connectivity index (χ4v) is 4.71. The van der Waals surface area contributed by atoms with Crippen LogP contribution < -0.4 is 4.74 Å². The smallest absolute Gasteiger partial charge is 0.406 e. The molecule has 112 valence electrons. The van der Waals surface area contributed by atoms with Crippen molar-refractivity contribution in [3.05, 3.63) is 29.8 Å². The van der Waals surface area contributed by atoms with Gasteiger partial charge in [-0.2, -0.15) is 0 Å². The Bertz CT molecular complexity index is 579. The zero-order chi connectivity index (χ0) is 14.8. The summed E-state index contributed by atoms with van der Waals surface area (Å²) >= 11 is 0. The van der Waals surface area contributed by atoms with E-state index in [-0.39, 0.29) is 17.5 Å². The number of alkyl halides is 3. The van der Waals surface area contributed by atoms with E-state index in [0.29, 0.717) is 29.2 Å². The topological polar surface area (TPSA) is 26.3 Å². The van der Waals surface area contributed by atoms with E-state index in [2.05, 4.69) is 4.74 Å². The molecular weight excluding hydrogens is 281 g/mol. The van der Waals surface area contributed by atoms with Gasteiger partial charge in [0.1, 0.15) is 5.75 Å². The standard InChI is InChI=1S/C16H15F3O2/c17-16(18,19)21-11-3-1-2-10(7-11)15(20)14-12-8-4-5-9(6-8)13(12)14/h1-3,7-9,12-14H,4-6H2. The number of benzene rings is 1. The Morgan fingerprint density at radius 3 is 2.43 bits per heavy atom. The Morgan fingerprint density at radius 2 is 1.81 bits per heavy atom. The van der Waals surface area contributed by atoms with E-state index in [1.54, 1.807) is 6.07 Å². The maximum atomic E-state index is 12.5. The number of hydrogen-bond donors (Lipinski definition) is 0. The minimum atomic E-state index is -4.73. The first-order valence-electron chi connectivity index (χ1n) is 7.34. The lowest BCUT2D eigenvalue weighted by molar-refractivity contribution is -0.274. The largest absolute Gasteiger partial charge is 0.573 e. The molecule has 0 radical (unpaired) electrons. The molecule has 2 bridgehead atoms. The number of halogens is 3. The molecule has 0 saturated heterocycles. The van der Waals surface area contributed by atoms with Gasteiger partial charge in [-0.25, -0.2) is 0 Å². The van der Waals surface area contributed by atoms with Gasteiger partial charge in [0.05, 0.1) is 0 Å². The number of fused-ring (bicyclic) bond motifs is 5. The fourth-order valence-electron chi connectivity index (χ4n) is 4.71. The highest BCUT2D eigenvalue weighted by Gasteiger charge is 2.67. The van der Waals surface area contributed by atoms with Gasteiger partial charge >= 0.3 is 6.36 Å². The van der Waals surface area contributed by atoms with E-state index in [0.717, 1.165) is 0 Å². The predicted octanol–water partition coefficient (Wildman–Crippen LogP) is 4.06. The fraction of sp³-hybridized carbons (Fsp3) is 0.562. The average molecular weight is 296 g/mol. The van der Waals surface area contributed by atoms with Crippen molar-refractivity contribution in [2.75, 3.05) is 0 Å². The molecule has 3 saturated carbocycles. The summed E-state index contributed by atoms with van der Waals surface area (Å²) in [6.45, 7) is 0. The van der Waals surface area contributed by atoms with Crippen molar-refractivity contribution < 1.29 is 22.7 Å². The second-order valence-corrected chi connectivity index (χ2v) is 6.45. The maximum absolute atomic E-state index is 12.5. The van der Waals surface area contributed by atoms with E-state index in [9.17, 15) is 18.0 Å². The van der Waals surface area contributed by atoms with Crippen LogP contribution in [0.4, 0.5) is 13.2 Å².